The maximum Gasteiger partial charge on any atom is 0.273 e. The van der Waals surface area contributed by atoms with Crippen LogP contribution in [0.4, 0.5) is 5.69 Å². The molecular weight excluding hydrogens is 294 g/mol. The Balaban J connectivity index is 3.05. The molecule has 1 aromatic carbocycles. The van der Waals surface area contributed by atoms with Crippen LogP contribution in [0.2, 0.25) is 18.1 Å². The molecule has 5 heteroatoms. The summed E-state index contributed by atoms with van der Waals surface area (Å²) in [6.45, 7) is 17.3. The molecule has 0 amide bonds. The van der Waals surface area contributed by atoms with Crippen molar-refractivity contribution in [2.75, 3.05) is 0 Å². The summed E-state index contributed by atoms with van der Waals surface area (Å²) < 4.78 is 6.16. The third-order valence-electron chi connectivity index (χ3n) is 4.47. The maximum absolute atomic E-state index is 11.4. The van der Waals surface area contributed by atoms with Gasteiger partial charge in [0.2, 0.25) is 0 Å². The zero-order chi connectivity index (χ0) is 17.3. The highest BCUT2D eigenvalue weighted by molar-refractivity contribution is 6.74. The molecular formula is C17H29NO3Si. The molecule has 1 aromatic rings. The van der Waals surface area contributed by atoms with Gasteiger partial charge in [-0.15, -0.1) is 0 Å². The summed E-state index contributed by atoms with van der Waals surface area (Å²) in [5.41, 5.74) is 1.56. The van der Waals surface area contributed by atoms with Gasteiger partial charge in [0, 0.05) is 11.6 Å². The Morgan fingerprint density at radius 3 is 2.09 bits per heavy atom. The number of hydrogen-bond donors (Lipinski definition) is 0. The Bertz CT molecular complexity index is 554. The minimum Gasteiger partial charge on any atom is -0.413 e. The Morgan fingerprint density at radius 2 is 1.68 bits per heavy atom. The van der Waals surface area contributed by atoms with Crippen molar-refractivity contribution >= 4 is 14.0 Å². The van der Waals surface area contributed by atoms with Gasteiger partial charge < -0.3 is 4.43 Å². The molecule has 0 saturated carbocycles. The second-order valence-corrected chi connectivity index (χ2v) is 13.2. The molecule has 0 N–H and O–H groups in total. The maximum atomic E-state index is 11.4. The summed E-state index contributed by atoms with van der Waals surface area (Å²) in [6, 6.07) is 5.47. The smallest absolute Gasteiger partial charge is 0.273 e. The van der Waals surface area contributed by atoms with E-state index in [1.165, 1.54) is 0 Å². The van der Waals surface area contributed by atoms with Gasteiger partial charge in [-0.25, -0.2) is 0 Å². The van der Waals surface area contributed by atoms with Gasteiger partial charge in [-0.2, -0.15) is 0 Å². The zero-order valence-corrected chi connectivity index (χ0v) is 16.1. The molecule has 4 nitrogen and oxygen atoms in total. The molecule has 0 unspecified atom stereocenters. The molecule has 0 bridgehead atoms. The molecule has 22 heavy (non-hydrogen) atoms. The Morgan fingerprint density at radius 1 is 1.14 bits per heavy atom. The summed E-state index contributed by atoms with van der Waals surface area (Å²) >= 11 is 0. The first-order valence-electron chi connectivity index (χ1n) is 7.67. The Hall–Kier alpha value is -1.20. The first kappa shape index (κ1) is 18.8. The van der Waals surface area contributed by atoms with Crippen LogP contribution in [0.15, 0.2) is 18.2 Å². The predicted octanol–water partition coefficient (Wildman–Crippen LogP) is 5.41. The van der Waals surface area contributed by atoms with Crippen molar-refractivity contribution in [1.29, 1.82) is 0 Å². The van der Waals surface area contributed by atoms with Crippen molar-refractivity contribution in [1.82, 2.24) is 0 Å². The van der Waals surface area contributed by atoms with Gasteiger partial charge in [-0.3, -0.25) is 10.1 Å². The van der Waals surface area contributed by atoms with Crippen molar-refractivity contribution < 1.29 is 9.35 Å². The molecule has 0 spiro atoms. The van der Waals surface area contributed by atoms with Crippen molar-refractivity contribution in [3.8, 4) is 0 Å². The summed E-state index contributed by atoms with van der Waals surface area (Å²) in [5, 5.41) is 11.5. The minimum atomic E-state index is -1.85. The first-order valence-corrected chi connectivity index (χ1v) is 10.6. The van der Waals surface area contributed by atoms with Crippen LogP contribution in [0.25, 0.3) is 0 Å². The number of nitro benzene ring substituents is 1. The first-order chi connectivity index (χ1) is 9.75. The molecule has 0 aromatic heterocycles. The van der Waals surface area contributed by atoms with Crippen molar-refractivity contribution in [2.45, 2.75) is 71.7 Å². The molecule has 0 aliphatic heterocycles. The summed E-state index contributed by atoms with van der Waals surface area (Å²) in [4.78, 5) is 11.1. The molecule has 1 rings (SSSR count). The fourth-order valence-electron chi connectivity index (χ4n) is 1.93. The van der Waals surface area contributed by atoms with E-state index in [1.807, 2.05) is 32.9 Å². The van der Waals surface area contributed by atoms with Crippen molar-refractivity contribution in [3.63, 3.8) is 0 Å². The lowest BCUT2D eigenvalue weighted by molar-refractivity contribution is -0.386. The van der Waals surface area contributed by atoms with Gasteiger partial charge in [-0.1, -0.05) is 53.7 Å². The van der Waals surface area contributed by atoms with Gasteiger partial charge in [-0.05, 0) is 29.1 Å². The largest absolute Gasteiger partial charge is 0.413 e. The highest BCUT2D eigenvalue weighted by Gasteiger charge is 2.37. The van der Waals surface area contributed by atoms with E-state index in [0.29, 0.717) is 6.61 Å². The number of nitrogens with zero attached hydrogens (tertiary/aromatic N) is 1. The molecule has 0 saturated heterocycles. The number of hydrogen-bond acceptors (Lipinski definition) is 3. The van der Waals surface area contributed by atoms with Crippen LogP contribution in [-0.2, 0) is 16.4 Å². The topological polar surface area (TPSA) is 52.4 Å². The second kappa shape index (κ2) is 6.12. The summed E-state index contributed by atoms with van der Waals surface area (Å²) in [5.74, 6) is 0. The Kier molecular flexibility index (Phi) is 5.25. The van der Waals surface area contributed by atoms with Gasteiger partial charge in [0.25, 0.3) is 5.69 Å². The second-order valence-electron chi connectivity index (χ2n) is 8.41. The monoisotopic (exact) mass is 323 g/mol. The van der Waals surface area contributed by atoms with E-state index in [1.54, 1.807) is 6.07 Å². The van der Waals surface area contributed by atoms with E-state index >= 15 is 0 Å². The van der Waals surface area contributed by atoms with E-state index < -0.39 is 8.32 Å². The highest BCUT2D eigenvalue weighted by atomic mass is 28.4. The van der Waals surface area contributed by atoms with Crippen LogP contribution >= 0.6 is 0 Å². The van der Waals surface area contributed by atoms with Crippen LogP contribution in [0, 0.1) is 10.1 Å². The standard InChI is InChI=1S/C17H29NO3Si/c1-16(2,3)14-10-9-13(11-15(14)18(19)20)12-21-22(7,8)17(4,5)6/h9-11H,12H2,1-8H3. The van der Waals surface area contributed by atoms with Crippen molar-refractivity contribution in [3.05, 3.63) is 39.4 Å². The third kappa shape index (κ3) is 4.40. The van der Waals surface area contributed by atoms with Crippen molar-refractivity contribution in [2.24, 2.45) is 0 Å². The van der Waals surface area contributed by atoms with E-state index in [9.17, 15) is 10.1 Å². The van der Waals surface area contributed by atoms with E-state index in [4.69, 9.17) is 4.43 Å². The lowest BCUT2D eigenvalue weighted by Gasteiger charge is -2.36. The predicted molar refractivity (Wildman–Crippen MR) is 93.8 cm³/mol. The average Bonchev–Trinajstić information content (AvgIpc) is 2.33. The average molecular weight is 324 g/mol. The fraction of sp³-hybridized carbons (Fsp3) is 0.647. The van der Waals surface area contributed by atoms with Crippen LogP contribution in [0.3, 0.4) is 0 Å². The molecule has 0 atom stereocenters. The quantitative estimate of drug-likeness (QED) is 0.422. The molecule has 0 aliphatic rings. The molecule has 0 heterocycles. The molecule has 0 radical (unpaired) electrons. The normalized spacial score (nSPS) is 13.3. The Labute approximate surface area is 135 Å². The summed E-state index contributed by atoms with van der Waals surface area (Å²) in [6.07, 6.45) is 0. The van der Waals surface area contributed by atoms with Gasteiger partial charge in [0.05, 0.1) is 11.5 Å². The zero-order valence-electron chi connectivity index (χ0n) is 15.1. The lowest BCUT2D eigenvalue weighted by Crippen LogP contribution is -2.40. The van der Waals surface area contributed by atoms with Crippen LogP contribution < -0.4 is 0 Å². The number of rotatable bonds is 4. The van der Waals surface area contributed by atoms with Crippen LogP contribution in [0.1, 0.15) is 52.7 Å². The molecule has 0 aliphatic carbocycles. The van der Waals surface area contributed by atoms with E-state index in [-0.39, 0.29) is 21.1 Å². The summed E-state index contributed by atoms with van der Waals surface area (Å²) in [7, 11) is -1.85. The highest BCUT2D eigenvalue weighted by Crippen LogP contribution is 2.37. The van der Waals surface area contributed by atoms with Gasteiger partial charge in [0.1, 0.15) is 0 Å². The number of nitro groups is 1. The van der Waals surface area contributed by atoms with Crippen LogP contribution in [-0.4, -0.2) is 13.2 Å². The molecule has 124 valence electrons. The molecule has 0 fully saturated rings. The fourth-order valence-corrected chi connectivity index (χ4v) is 2.89. The minimum absolute atomic E-state index is 0.129. The lowest BCUT2D eigenvalue weighted by atomic mass is 9.85. The van der Waals surface area contributed by atoms with Crippen LogP contribution in [0.5, 0.6) is 0 Å². The van der Waals surface area contributed by atoms with Gasteiger partial charge >= 0.3 is 0 Å². The third-order valence-corrected chi connectivity index (χ3v) is 8.95. The van der Waals surface area contributed by atoms with E-state index in [2.05, 4.69) is 33.9 Å². The van der Waals surface area contributed by atoms with E-state index in [0.717, 1.165) is 11.1 Å². The SMILES string of the molecule is CC(C)(C)c1ccc(CO[Si](C)(C)C(C)(C)C)cc1[N+](=O)[O-]. The van der Waals surface area contributed by atoms with Gasteiger partial charge in [0.15, 0.2) is 8.32 Å². The number of benzene rings is 1.